The van der Waals surface area contributed by atoms with E-state index in [1.165, 1.54) is 44.1 Å². The molecule has 7 rings (SSSR count). The number of esters is 1. The Balaban J connectivity index is 1.06. The second kappa shape index (κ2) is 17.5. The van der Waals surface area contributed by atoms with Gasteiger partial charge in [0.25, 0.3) is 0 Å². The Kier molecular flexibility index (Phi) is 12.3. The van der Waals surface area contributed by atoms with Gasteiger partial charge >= 0.3 is 12.1 Å². The maximum absolute atomic E-state index is 14.2. The Morgan fingerprint density at radius 1 is 0.931 bits per heavy atom. The third-order valence-electron chi connectivity index (χ3n) is 11.4. The number of benzene rings is 3. The normalized spacial score (nSPS) is 18.4. The maximum atomic E-state index is 14.2. The smallest absolute Gasteiger partial charge is 0.411 e. The first-order valence-electron chi connectivity index (χ1n) is 20.4. The van der Waals surface area contributed by atoms with Gasteiger partial charge in [0, 0.05) is 24.7 Å². The molecule has 0 spiro atoms. The number of amides is 2. The van der Waals surface area contributed by atoms with Crippen LogP contribution in [0.1, 0.15) is 92.5 Å². The molecule has 3 atom stereocenters. The van der Waals surface area contributed by atoms with E-state index in [9.17, 15) is 14.4 Å². The number of hydrogen-bond acceptors (Lipinski definition) is 9. The summed E-state index contributed by atoms with van der Waals surface area (Å²) < 4.78 is 29.8. The highest BCUT2D eigenvalue weighted by molar-refractivity contribution is 5.90. The molecule has 3 aliphatic rings. The number of nitrogens with zero attached hydrogens (tertiary/aromatic N) is 2. The number of carbonyl (C=O) groups is 3. The van der Waals surface area contributed by atoms with Crippen molar-refractivity contribution in [2.75, 3.05) is 20.3 Å². The fraction of sp³-hybridized carbons (Fsp3) is 0.447. The zero-order valence-electron chi connectivity index (χ0n) is 34.5. The van der Waals surface area contributed by atoms with E-state index < -0.39 is 35.7 Å². The van der Waals surface area contributed by atoms with Crippen LogP contribution in [0.2, 0.25) is 0 Å². The first-order chi connectivity index (χ1) is 27.8. The summed E-state index contributed by atoms with van der Waals surface area (Å²) >= 11 is 0. The largest absolute Gasteiger partial charge is 0.493 e. The number of fused-ring (bicyclic) bond motifs is 2. The molecule has 1 fully saturated rings. The van der Waals surface area contributed by atoms with Gasteiger partial charge in [-0.05, 0) is 123 Å². The van der Waals surface area contributed by atoms with Crippen LogP contribution in [-0.2, 0) is 38.4 Å². The van der Waals surface area contributed by atoms with Crippen molar-refractivity contribution in [1.29, 1.82) is 0 Å². The lowest BCUT2D eigenvalue weighted by atomic mass is 9.90. The van der Waals surface area contributed by atoms with Crippen LogP contribution in [0.3, 0.4) is 0 Å². The summed E-state index contributed by atoms with van der Waals surface area (Å²) in [7, 11) is 1.29. The Labute approximate surface area is 341 Å². The van der Waals surface area contributed by atoms with Gasteiger partial charge in [0.05, 0.1) is 20.3 Å². The highest BCUT2D eigenvalue weighted by atomic mass is 16.6. The second-order valence-corrected chi connectivity index (χ2v) is 16.8. The summed E-state index contributed by atoms with van der Waals surface area (Å²) in [4.78, 5) is 46.9. The van der Waals surface area contributed by atoms with Gasteiger partial charge in [-0.3, -0.25) is 14.7 Å². The first-order valence-corrected chi connectivity index (χ1v) is 20.4. The van der Waals surface area contributed by atoms with E-state index in [0.29, 0.717) is 24.0 Å². The van der Waals surface area contributed by atoms with Crippen LogP contribution in [0.4, 0.5) is 4.79 Å². The van der Waals surface area contributed by atoms with Crippen molar-refractivity contribution in [3.63, 3.8) is 0 Å². The van der Waals surface area contributed by atoms with Crippen LogP contribution in [-0.4, -0.2) is 65.9 Å². The molecule has 1 N–H and O–H groups in total. The van der Waals surface area contributed by atoms with Crippen molar-refractivity contribution in [3.05, 3.63) is 106 Å². The van der Waals surface area contributed by atoms with E-state index in [2.05, 4.69) is 10.3 Å². The van der Waals surface area contributed by atoms with Crippen molar-refractivity contribution in [1.82, 2.24) is 15.2 Å². The molecule has 3 heterocycles. The Bertz CT molecular complexity index is 2100. The Morgan fingerprint density at radius 3 is 2.36 bits per heavy atom. The summed E-state index contributed by atoms with van der Waals surface area (Å²) in [6.07, 6.45) is 7.55. The molecule has 0 radical (unpaired) electrons. The molecule has 1 aliphatic carbocycles. The van der Waals surface area contributed by atoms with E-state index in [1.807, 2.05) is 80.6 Å². The van der Waals surface area contributed by atoms with E-state index in [1.54, 1.807) is 27.0 Å². The third kappa shape index (κ3) is 9.57. The third-order valence-corrected chi connectivity index (χ3v) is 11.4. The average molecular weight is 790 g/mol. The number of aromatic nitrogens is 1. The van der Waals surface area contributed by atoms with Gasteiger partial charge in [-0.25, -0.2) is 9.59 Å². The molecule has 3 aromatic carbocycles. The minimum absolute atomic E-state index is 0.0922. The fourth-order valence-corrected chi connectivity index (χ4v) is 8.02. The molecular weight excluding hydrogens is 735 g/mol. The van der Waals surface area contributed by atoms with Gasteiger partial charge in [-0.15, -0.1) is 0 Å². The van der Waals surface area contributed by atoms with Crippen LogP contribution >= 0.6 is 0 Å². The molecule has 11 nitrogen and oxygen atoms in total. The monoisotopic (exact) mass is 789 g/mol. The molecule has 306 valence electrons. The van der Waals surface area contributed by atoms with Gasteiger partial charge in [-0.1, -0.05) is 55.7 Å². The van der Waals surface area contributed by atoms with Crippen LogP contribution in [0.5, 0.6) is 17.2 Å². The summed E-state index contributed by atoms with van der Waals surface area (Å²) in [5.74, 6) is 1.52. The van der Waals surface area contributed by atoms with Crippen molar-refractivity contribution >= 4 is 18.0 Å². The van der Waals surface area contributed by atoms with E-state index in [0.717, 1.165) is 57.0 Å². The van der Waals surface area contributed by atoms with E-state index in [-0.39, 0.29) is 25.5 Å². The number of methoxy groups -OCH3 is 1. The summed E-state index contributed by atoms with van der Waals surface area (Å²) in [6, 6.07) is 19.7. The molecule has 58 heavy (non-hydrogen) atoms. The van der Waals surface area contributed by atoms with Crippen LogP contribution in [0.25, 0.3) is 11.1 Å². The Morgan fingerprint density at radius 2 is 1.66 bits per heavy atom. The minimum Gasteiger partial charge on any atom is -0.493 e. The van der Waals surface area contributed by atoms with Gasteiger partial charge < -0.3 is 29.0 Å². The predicted molar refractivity (Wildman–Crippen MR) is 220 cm³/mol. The van der Waals surface area contributed by atoms with Crippen molar-refractivity contribution in [3.8, 4) is 28.4 Å². The zero-order chi connectivity index (χ0) is 41.0. The Hall–Kier alpha value is -5.58. The van der Waals surface area contributed by atoms with Gasteiger partial charge in [0.2, 0.25) is 5.91 Å². The minimum atomic E-state index is -0.996. The SMILES string of the molecule is COC(=O)C(Cc1ccc(-c2ccnc(C)c2C)cc1)NC(=O)C1Cc2cc3c(cc2CN1C(=O)OC(C)(C)C)OC(c1ccc(OCC2CCCCC2)cc1)CO3. The molecule has 1 aromatic heterocycles. The van der Waals surface area contributed by atoms with Crippen molar-refractivity contribution < 1.29 is 38.1 Å². The molecule has 4 aromatic rings. The summed E-state index contributed by atoms with van der Waals surface area (Å²) in [5, 5.41) is 2.91. The quantitative estimate of drug-likeness (QED) is 0.158. The van der Waals surface area contributed by atoms with E-state index >= 15 is 0 Å². The standard InChI is InChI=1S/C47H55N3O8/c1-29-30(2)48-21-20-38(29)33-14-12-31(13-15-33)22-39(45(52)54-6)49-44(51)40-23-35-24-41-42(25-36(35)26-50(40)46(53)58-47(3,4)5)57-43(28-56-41)34-16-18-37(19-17-34)55-27-32-10-8-7-9-11-32/h12-21,24-25,32,39-40,43H,7-11,22-23,26-28H2,1-6H3,(H,49,51). The van der Waals surface area contributed by atoms with Crippen LogP contribution in [0.15, 0.2) is 72.9 Å². The number of carbonyl (C=O) groups excluding carboxylic acids is 3. The molecule has 0 saturated heterocycles. The number of aryl methyl sites for hydroxylation is 1. The van der Waals surface area contributed by atoms with Crippen LogP contribution < -0.4 is 19.5 Å². The lowest BCUT2D eigenvalue weighted by Crippen LogP contribution is -2.56. The molecule has 11 heteroatoms. The number of rotatable bonds is 10. The van der Waals surface area contributed by atoms with Crippen molar-refractivity contribution in [2.24, 2.45) is 5.92 Å². The fourth-order valence-electron chi connectivity index (χ4n) is 8.02. The topological polar surface area (TPSA) is 126 Å². The number of pyridine rings is 1. The number of hydrogen-bond donors (Lipinski definition) is 1. The van der Waals surface area contributed by atoms with Crippen LogP contribution in [0, 0.1) is 19.8 Å². The average Bonchev–Trinajstić information content (AvgIpc) is 3.22. The van der Waals surface area contributed by atoms with Gasteiger partial charge in [0.1, 0.15) is 30.0 Å². The number of ether oxygens (including phenoxy) is 5. The predicted octanol–water partition coefficient (Wildman–Crippen LogP) is 8.40. The molecule has 0 bridgehead atoms. The summed E-state index contributed by atoms with van der Waals surface area (Å²) in [5.41, 5.74) is 6.81. The zero-order valence-corrected chi connectivity index (χ0v) is 34.5. The summed E-state index contributed by atoms with van der Waals surface area (Å²) in [6.45, 7) is 10.5. The van der Waals surface area contributed by atoms with Gasteiger partial charge in [-0.2, -0.15) is 0 Å². The molecule has 1 saturated carbocycles. The highest BCUT2D eigenvalue weighted by Gasteiger charge is 2.40. The molecular formula is C47H55N3O8. The lowest BCUT2D eigenvalue weighted by Gasteiger charge is -2.38. The second-order valence-electron chi connectivity index (χ2n) is 16.8. The molecule has 3 unspecified atom stereocenters. The molecule has 2 aliphatic heterocycles. The number of nitrogens with one attached hydrogen (secondary N) is 1. The highest BCUT2D eigenvalue weighted by Crippen LogP contribution is 2.41. The van der Waals surface area contributed by atoms with E-state index in [4.69, 9.17) is 23.7 Å². The van der Waals surface area contributed by atoms with Crippen molar-refractivity contribution in [2.45, 2.75) is 110 Å². The van der Waals surface area contributed by atoms with Gasteiger partial charge in [0.15, 0.2) is 17.6 Å². The molecule has 2 amide bonds. The lowest BCUT2D eigenvalue weighted by molar-refractivity contribution is -0.145. The maximum Gasteiger partial charge on any atom is 0.411 e. The first kappa shape index (κ1) is 40.6.